The van der Waals surface area contributed by atoms with Crippen LogP contribution in [-0.2, 0) is 0 Å². The summed E-state index contributed by atoms with van der Waals surface area (Å²) in [4.78, 5) is 23.4. The van der Waals surface area contributed by atoms with Crippen LogP contribution in [0.5, 0.6) is 0 Å². The topological polar surface area (TPSA) is 112 Å². The molecule has 2 aromatic rings. The van der Waals surface area contributed by atoms with Crippen LogP contribution in [0.4, 0.5) is 21.0 Å². The normalized spacial score (nSPS) is 8.62. The van der Waals surface area contributed by atoms with Crippen molar-refractivity contribution in [3.63, 3.8) is 0 Å². The van der Waals surface area contributed by atoms with E-state index in [4.69, 9.17) is 10.5 Å². The molecular weight excluding hydrogens is 372 g/mol. The lowest BCUT2D eigenvalue weighted by Gasteiger charge is -2.20. The SMILES string of the molecule is N#CNN(NC#N)C(=O)S.O=C(S)N(c1ccccc1)c1ccccc1. The third-order valence-corrected chi connectivity index (χ3v) is 3.13. The van der Waals surface area contributed by atoms with Gasteiger partial charge in [-0.3, -0.25) is 14.5 Å². The summed E-state index contributed by atoms with van der Waals surface area (Å²) in [6.07, 6.45) is 2.85. The predicted molar refractivity (Wildman–Crippen MR) is 103 cm³/mol. The van der Waals surface area contributed by atoms with Crippen molar-refractivity contribution in [2.24, 2.45) is 0 Å². The van der Waals surface area contributed by atoms with Gasteiger partial charge < -0.3 is 0 Å². The number of carbonyl (C=O) groups is 2. The Kier molecular flexibility index (Phi) is 8.96. The van der Waals surface area contributed by atoms with Gasteiger partial charge in [-0.1, -0.05) is 61.7 Å². The second-order valence-electron chi connectivity index (χ2n) is 4.35. The molecule has 0 bridgehead atoms. The number of nitrogens with zero attached hydrogens (tertiary/aromatic N) is 4. The van der Waals surface area contributed by atoms with Gasteiger partial charge in [0.1, 0.15) is 0 Å². The van der Waals surface area contributed by atoms with Crippen molar-refractivity contribution in [3.8, 4) is 12.4 Å². The molecule has 2 aromatic carbocycles. The van der Waals surface area contributed by atoms with Gasteiger partial charge in [0, 0.05) is 11.4 Å². The Hall–Kier alpha value is -3.34. The summed E-state index contributed by atoms with van der Waals surface area (Å²) < 4.78 is 0. The van der Waals surface area contributed by atoms with Crippen LogP contribution in [0.15, 0.2) is 60.7 Å². The number of hydrogen-bond acceptors (Lipinski definition) is 6. The van der Waals surface area contributed by atoms with Gasteiger partial charge in [0.15, 0.2) is 12.4 Å². The Morgan fingerprint density at radius 3 is 1.42 bits per heavy atom. The molecule has 0 spiro atoms. The van der Waals surface area contributed by atoms with Crippen LogP contribution in [0.3, 0.4) is 0 Å². The van der Waals surface area contributed by atoms with Crippen LogP contribution in [0.2, 0.25) is 0 Å². The van der Waals surface area contributed by atoms with E-state index < -0.39 is 5.24 Å². The molecule has 0 saturated heterocycles. The molecule has 0 aliphatic heterocycles. The van der Waals surface area contributed by atoms with Gasteiger partial charge in [-0.25, -0.2) is 10.9 Å². The molecule has 0 heterocycles. The van der Waals surface area contributed by atoms with Crippen molar-refractivity contribution in [3.05, 3.63) is 60.7 Å². The largest absolute Gasteiger partial charge is 0.317 e. The standard InChI is InChI=1S/C13H11NOS.C3H3N5OS/c15-13(16)14(11-7-3-1-4-8-11)12-9-5-2-6-10-12;4-1-6-8(3(9)10)7-2-5/h1-10H,(H,15,16);6-7H,(H,9,10). The van der Waals surface area contributed by atoms with Gasteiger partial charge in [-0.15, -0.1) is 5.12 Å². The van der Waals surface area contributed by atoms with Gasteiger partial charge in [-0.05, 0) is 24.3 Å². The molecule has 0 aromatic heterocycles. The first kappa shape index (κ1) is 20.7. The molecule has 0 atom stereocenters. The monoisotopic (exact) mass is 386 g/mol. The second-order valence-corrected chi connectivity index (χ2v) is 5.12. The Balaban J connectivity index is 0.000000294. The van der Waals surface area contributed by atoms with Crippen LogP contribution < -0.4 is 15.8 Å². The lowest BCUT2D eigenvalue weighted by atomic mass is 10.2. The number of hydrogen-bond donors (Lipinski definition) is 4. The highest BCUT2D eigenvalue weighted by molar-refractivity contribution is 7.97. The number of nitrogens with one attached hydrogen (secondary N) is 2. The quantitative estimate of drug-likeness (QED) is 0.278. The maximum Gasteiger partial charge on any atom is 0.317 e. The second kappa shape index (κ2) is 11.3. The number of hydrazine groups is 2. The van der Waals surface area contributed by atoms with Gasteiger partial charge in [0.2, 0.25) is 0 Å². The van der Waals surface area contributed by atoms with Crippen molar-refractivity contribution in [2.45, 2.75) is 0 Å². The van der Waals surface area contributed by atoms with Crippen molar-refractivity contribution in [1.82, 2.24) is 16.0 Å². The average molecular weight is 386 g/mol. The van der Waals surface area contributed by atoms with Crippen molar-refractivity contribution < 1.29 is 9.59 Å². The van der Waals surface area contributed by atoms with E-state index in [0.717, 1.165) is 11.4 Å². The molecule has 26 heavy (non-hydrogen) atoms. The number of amides is 2. The molecule has 0 saturated carbocycles. The molecular formula is C16H14N6O2S2. The van der Waals surface area contributed by atoms with E-state index in [2.05, 4.69) is 25.3 Å². The van der Waals surface area contributed by atoms with E-state index in [0.29, 0.717) is 5.12 Å². The minimum absolute atomic E-state index is 0.294. The predicted octanol–water partition coefficient (Wildman–Crippen LogP) is 3.18. The van der Waals surface area contributed by atoms with Crippen LogP contribution in [0, 0.1) is 22.9 Å². The Bertz CT molecular complexity index is 749. The molecule has 0 aliphatic carbocycles. The molecule has 0 fully saturated rings. The van der Waals surface area contributed by atoms with E-state index in [1.807, 2.05) is 71.5 Å². The zero-order chi connectivity index (χ0) is 19.4. The van der Waals surface area contributed by atoms with Gasteiger partial charge in [-0.2, -0.15) is 10.5 Å². The summed E-state index contributed by atoms with van der Waals surface area (Å²) in [5, 5.41) is 15.4. The first-order chi connectivity index (χ1) is 12.5. The number of thiol groups is 2. The zero-order valence-corrected chi connectivity index (χ0v) is 15.1. The highest BCUT2D eigenvalue weighted by Gasteiger charge is 2.13. The number of rotatable bonds is 4. The molecule has 0 radical (unpaired) electrons. The molecule has 0 aliphatic rings. The van der Waals surface area contributed by atoms with E-state index in [-0.39, 0.29) is 5.24 Å². The fraction of sp³-hybridized carbons (Fsp3) is 0. The highest BCUT2D eigenvalue weighted by atomic mass is 32.1. The lowest BCUT2D eigenvalue weighted by Crippen LogP contribution is -2.45. The number of anilines is 2. The molecule has 132 valence electrons. The number of nitriles is 2. The summed E-state index contributed by atoms with van der Waals surface area (Å²) in [6.45, 7) is 0. The summed E-state index contributed by atoms with van der Waals surface area (Å²) >= 11 is 7.22. The van der Waals surface area contributed by atoms with E-state index in [1.165, 1.54) is 12.4 Å². The van der Waals surface area contributed by atoms with E-state index in [1.54, 1.807) is 4.90 Å². The van der Waals surface area contributed by atoms with Gasteiger partial charge >= 0.3 is 5.24 Å². The van der Waals surface area contributed by atoms with Crippen molar-refractivity contribution >= 4 is 47.1 Å². The summed E-state index contributed by atoms with van der Waals surface area (Å²) in [6, 6.07) is 18.9. The Morgan fingerprint density at radius 1 is 0.769 bits per heavy atom. The molecule has 2 amide bonds. The van der Waals surface area contributed by atoms with Crippen molar-refractivity contribution in [2.75, 3.05) is 4.90 Å². The van der Waals surface area contributed by atoms with E-state index >= 15 is 0 Å². The number of benzene rings is 2. The fourth-order valence-corrected chi connectivity index (χ4v) is 2.08. The highest BCUT2D eigenvalue weighted by Crippen LogP contribution is 2.26. The van der Waals surface area contributed by atoms with Crippen LogP contribution >= 0.6 is 25.3 Å². The van der Waals surface area contributed by atoms with Gasteiger partial charge in [0.25, 0.3) is 5.24 Å². The average Bonchev–Trinajstić information content (AvgIpc) is 2.64. The molecule has 8 nitrogen and oxygen atoms in total. The number of para-hydroxylation sites is 2. The van der Waals surface area contributed by atoms with Crippen LogP contribution in [-0.4, -0.2) is 15.6 Å². The number of carbonyl (C=O) groups excluding carboxylic acids is 2. The van der Waals surface area contributed by atoms with Crippen LogP contribution in [0.25, 0.3) is 0 Å². The summed E-state index contributed by atoms with van der Waals surface area (Å²) in [7, 11) is 0. The van der Waals surface area contributed by atoms with E-state index in [9.17, 15) is 9.59 Å². The third kappa shape index (κ3) is 6.65. The maximum atomic E-state index is 11.5. The lowest BCUT2D eigenvalue weighted by molar-refractivity contribution is 0.192. The first-order valence-electron chi connectivity index (χ1n) is 6.97. The van der Waals surface area contributed by atoms with Crippen LogP contribution in [0.1, 0.15) is 0 Å². The molecule has 2 rings (SSSR count). The maximum absolute atomic E-state index is 11.5. The zero-order valence-electron chi connectivity index (χ0n) is 13.3. The first-order valence-corrected chi connectivity index (χ1v) is 7.86. The Morgan fingerprint density at radius 2 is 1.15 bits per heavy atom. The fourth-order valence-electron chi connectivity index (χ4n) is 1.75. The summed E-state index contributed by atoms with van der Waals surface area (Å²) in [5.74, 6) is 0. The summed E-state index contributed by atoms with van der Waals surface area (Å²) in [5.41, 5.74) is 5.35. The minimum Gasteiger partial charge on any atom is -0.272 e. The molecule has 10 heteroatoms. The third-order valence-electron chi connectivity index (χ3n) is 2.73. The minimum atomic E-state index is -0.775. The van der Waals surface area contributed by atoms with Gasteiger partial charge in [0.05, 0.1) is 0 Å². The Labute approximate surface area is 161 Å². The smallest absolute Gasteiger partial charge is 0.272 e. The van der Waals surface area contributed by atoms with Crippen molar-refractivity contribution in [1.29, 1.82) is 10.5 Å². The molecule has 2 N–H and O–H groups in total. The molecule has 0 unspecified atom stereocenters.